The Morgan fingerprint density at radius 2 is 1.82 bits per heavy atom. The fourth-order valence-electron chi connectivity index (χ4n) is 2.87. The zero-order chi connectivity index (χ0) is 15.4. The van der Waals surface area contributed by atoms with Gasteiger partial charge in [-0.2, -0.15) is 0 Å². The molecule has 1 aliphatic rings. The average molecular weight is 298 g/mol. The molecule has 1 aromatic heterocycles. The molecule has 2 heterocycles. The molecule has 3 rings (SSSR count). The van der Waals surface area contributed by atoms with E-state index in [2.05, 4.69) is 4.98 Å². The number of benzene rings is 1. The molecular weight excluding hydrogens is 276 g/mol. The SMILES string of the molecule is Cc1oc(-c2ccccc2)nc1CC(=O)N1CCCCCC1. The minimum Gasteiger partial charge on any atom is -0.441 e. The Bertz CT molecular complexity index is 626. The second kappa shape index (κ2) is 6.77. The number of amides is 1. The van der Waals surface area contributed by atoms with Gasteiger partial charge < -0.3 is 9.32 Å². The normalized spacial score (nSPS) is 15.6. The van der Waals surface area contributed by atoms with Crippen LogP contribution < -0.4 is 0 Å². The Labute approximate surface area is 131 Å². The van der Waals surface area contributed by atoms with Crippen molar-refractivity contribution in [3.8, 4) is 11.5 Å². The standard InChI is InChI=1S/C18H22N2O2/c1-14-16(13-17(21)20-11-7-2-3-8-12-20)19-18(22-14)15-9-5-4-6-10-15/h4-6,9-10H,2-3,7-8,11-13H2,1H3. The first-order valence-corrected chi connectivity index (χ1v) is 8.03. The molecule has 22 heavy (non-hydrogen) atoms. The molecule has 0 radical (unpaired) electrons. The summed E-state index contributed by atoms with van der Waals surface area (Å²) in [6.45, 7) is 3.63. The van der Waals surface area contributed by atoms with Crippen molar-refractivity contribution in [2.75, 3.05) is 13.1 Å². The fourth-order valence-corrected chi connectivity index (χ4v) is 2.87. The van der Waals surface area contributed by atoms with Gasteiger partial charge in [0.2, 0.25) is 11.8 Å². The largest absolute Gasteiger partial charge is 0.441 e. The van der Waals surface area contributed by atoms with Gasteiger partial charge in [0.05, 0.1) is 12.1 Å². The highest BCUT2D eigenvalue weighted by molar-refractivity contribution is 5.78. The number of hydrogen-bond donors (Lipinski definition) is 0. The second-order valence-corrected chi connectivity index (χ2v) is 5.86. The minimum atomic E-state index is 0.165. The molecule has 116 valence electrons. The smallest absolute Gasteiger partial charge is 0.228 e. The van der Waals surface area contributed by atoms with Crippen LogP contribution in [0.4, 0.5) is 0 Å². The lowest BCUT2D eigenvalue weighted by Crippen LogP contribution is -2.33. The summed E-state index contributed by atoms with van der Waals surface area (Å²) in [6, 6.07) is 9.80. The molecule has 1 amide bonds. The van der Waals surface area contributed by atoms with Crippen LogP contribution in [0.15, 0.2) is 34.7 Å². The number of likely N-dealkylation sites (tertiary alicyclic amines) is 1. The molecule has 2 aromatic rings. The number of nitrogens with zero attached hydrogens (tertiary/aromatic N) is 2. The molecule has 0 saturated carbocycles. The number of carbonyl (C=O) groups is 1. The predicted octanol–water partition coefficient (Wildman–Crippen LogP) is 3.60. The third-order valence-corrected chi connectivity index (χ3v) is 4.19. The van der Waals surface area contributed by atoms with Crippen LogP contribution in [-0.2, 0) is 11.2 Å². The Hall–Kier alpha value is -2.10. The van der Waals surface area contributed by atoms with E-state index >= 15 is 0 Å². The summed E-state index contributed by atoms with van der Waals surface area (Å²) in [5, 5.41) is 0. The highest BCUT2D eigenvalue weighted by Gasteiger charge is 2.19. The van der Waals surface area contributed by atoms with Gasteiger partial charge in [-0.05, 0) is 31.9 Å². The lowest BCUT2D eigenvalue weighted by atomic mass is 10.2. The Kier molecular flexibility index (Phi) is 4.56. The number of oxazole rings is 1. The van der Waals surface area contributed by atoms with E-state index in [0.717, 1.165) is 42.9 Å². The number of hydrogen-bond acceptors (Lipinski definition) is 3. The van der Waals surface area contributed by atoms with Crippen molar-refractivity contribution < 1.29 is 9.21 Å². The molecule has 4 nitrogen and oxygen atoms in total. The first kappa shape index (κ1) is 14.8. The van der Waals surface area contributed by atoms with Crippen LogP contribution >= 0.6 is 0 Å². The maximum absolute atomic E-state index is 12.5. The van der Waals surface area contributed by atoms with Gasteiger partial charge in [-0.15, -0.1) is 0 Å². The average Bonchev–Trinajstić information content (AvgIpc) is 2.76. The number of aromatic nitrogens is 1. The van der Waals surface area contributed by atoms with Gasteiger partial charge in [-0.1, -0.05) is 31.0 Å². The van der Waals surface area contributed by atoms with Gasteiger partial charge in [0.25, 0.3) is 0 Å². The van der Waals surface area contributed by atoms with Crippen LogP contribution in [0, 0.1) is 6.92 Å². The van der Waals surface area contributed by atoms with Gasteiger partial charge in [-0.25, -0.2) is 4.98 Å². The van der Waals surface area contributed by atoms with E-state index in [1.165, 1.54) is 12.8 Å². The Morgan fingerprint density at radius 3 is 2.50 bits per heavy atom. The summed E-state index contributed by atoms with van der Waals surface area (Å²) in [6.07, 6.45) is 5.01. The topological polar surface area (TPSA) is 46.3 Å². The quantitative estimate of drug-likeness (QED) is 0.870. The molecular formula is C18H22N2O2. The first-order valence-electron chi connectivity index (χ1n) is 8.03. The van der Waals surface area contributed by atoms with Crippen molar-refractivity contribution in [3.05, 3.63) is 41.8 Å². The zero-order valence-corrected chi connectivity index (χ0v) is 13.0. The van der Waals surface area contributed by atoms with Gasteiger partial charge in [0.15, 0.2) is 0 Å². The molecule has 1 aromatic carbocycles. The highest BCUT2D eigenvalue weighted by Crippen LogP contribution is 2.22. The van der Waals surface area contributed by atoms with Crippen LogP contribution in [0.25, 0.3) is 11.5 Å². The summed E-state index contributed by atoms with van der Waals surface area (Å²) < 4.78 is 5.73. The molecule has 0 bridgehead atoms. The van der Waals surface area contributed by atoms with Crippen molar-refractivity contribution in [1.82, 2.24) is 9.88 Å². The van der Waals surface area contributed by atoms with E-state index in [0.29, 0.717) is 12.3 Å². The van der Waals surface area contributed by atoms with Gasteiger partial charge >= 0.3 is 0 Å². The molecule has 0 aliphatic carbocycles. The zero-order valence-electron chi connectivity index (χ0n) is 13.0. The summed E-state index contributed by atoms with van der Waals surface area (Å²) in [5.74, 6) is 1.50. The number of rotatable bonds is 3. The lowest BCUT2D eigenvalue weighted by Gasteiger charge is -2.19. The van der Waals surface area contributed by atoms with E-state index in [9.17, 15) is 4.79 Å². The Morgan fingerprint density at radius 1 is 1.14 bits per heavy atom. The molecule has 4 heteroatoms. The van der Waals surface area contributed by atoms with E-state index in [4.69, 9.17) is 4.42 Å². The van der Waals surface area contributed by atoms with E-state index in [-0.39, 0.29) is 5.91 Å². The summed E-state index contributed by atoms with van der Waals surface area (Å²) in [5.41, 5.74) is 1.70. The minimum absolute atomic E-state index is 0.165. The highest BCUT2D eigenvalue weighted by atomic mass is 16.4. The molecule has 1 fully saturated rings. The fraction of sp³-hybridized carbons (Fsp3) is 0.444. The molecule has 0 spiro atoms. The summed E-state index contributed by atoms with van der Waals surface area (Å²) in [7, 11) is 0. The third-order valence-electron chi connectivity index (χ3n) is 4.19. The molecule has 0 unspecified atom stereocenters. The third kappa shape index (κ3) is 3.38. The van der Waals surface area contributed by atoms with Gasteiger partial charge in [0, 0.05) is 18.7 Å². The van der Waals surface area contributed by atoms with Gasteiger partial charge in [-0.3, -0.25) is 4.79 Å². The Balaban J connectivity index is 1.72. The van der Waals surface area contributed by atoms with E-state index in [1.807, 2.05) is 42.2 Å². The van der Waals surface area contributed by atoms with Crippen LogP contribution in [0.5, 0.6) is 0 Å². The summed E-state index contributed by atoms with van der Waals surface area (Å²) in [4.78, 5) is 19.0. The predicted molar refractivity (Wildman–Crippen MR) is 85.4 cm³/mol. The van der Waals surface area contributed by atoms with Crippen LogP contribution in [0.1, 0.15) is 37.1 Å². The van der Waals surface area contributed by atoms with Crippen LogP contribution in [0.2, 0.25) is 0 Å². The van der Waals surface area contributed by atoms with Crippen molar-refractivity contribution in [2.45, 2.75) is 39.0 Å². The van der Waals surface area contributed by atoms with Crippen molar-refractivity contribution in [2.24, 2.45) is 0 Å². The summed E-state index contributed by atoms with van der Waals surface area (Å²) >= 11 is 0. The second-order valence-electron chi connectivity index (χ2n) is 5.86. The van der Waals surface area contributed by atoms with Crippen molar-refractivity contribution >= 4 is 5.91 Å². The van der Waals surface area contributed by atoms with Crippen LogP contribution in [-0.4, -0.2) is 28.9 Å². The maximum Gasteiger partial charge on any atom is 0.228 e. The number of carbonyl (C=O) groups excluding carboxylic acids is 1. The van der Waals surface area contributed by atoms with E-state index < -0.39 is 0 Å². The monoisotopic (exact) mass is 298 g/mol. The lowest BCUT2D eigenvalue weighted by molar-refractivity contribution is -0.130. The van der Waals surface area contributed by atoms with Gasteiger partial charge in [0.1, 0.15) is 5.76 Å². The molecule has 0 atom stereocenters. The molecule has 1 aliphatic heterocycles. The first-order chi connectivity index (χ1) is 10.7. The maximum atomic E-state index is 12.5. The molecule has 0 N–H and O–H groups in total. The van der Waals surface area contributed by atoms with E-state index in [1.54, 1.807) is 0 Å². The number of aryl methyl sites for hydroxylation is 1. The van der Waals surface area contributed by atoms with Crippen LogP contribution in [0.3, 0.4) is 0 Å². The van der Waals surface area contributed by atoms with Crippen molar-refractivity contribution in [3.63, 3.8) is 0 Å². The van der Waals surface area contributed by atoms with Crippen molar-refractivity contribution in [1.29, 1.82) is 0 Å². The molecule has 1 saturated heterocycles.